The van der Waals surface area contributed by atoms with Crippen molar-refractivity contribution >= 4 is 16.7 Å². The van der Waals surface area contributed by atoms with E-state index in [0.29, 0.717) is 12.1 Å². The van der Waals surface area contributed by atoms with Crippen LogP contribution in [0.5, 0.6) is 0 Å². The molecule has 0 spiro atoms. The van der Waals surface area contributed by atoms with Crippen molar-refractivity contribution in [3.63, 3.8) is 0 Å². The summed E-state index contributed by atoms with van der Waals surface area (Å²) in [5, 5.41) is 0. The number of anilines is 1. The lowest BCUT2D eigenvalue weighted by atomic mass is 9.87. The van der Waals surface area contributed by atoms with E-state index in [0.717, 1.165) is 54.3 Å². The van der Waals surface area contributed by atoms with Gasteiger partial charge < -0.3 is 9.88 Å². The van der Waals surface area contributed by atoms with Crippen molar-refractivity contribution < 1.29 is 0 Å². The fourth-order valence-corrected chi connectivity index (χ4v) is 4.81. The number of aromatic nitrogens is 4. The second kappa shape index (κ2) is 9.75. The SMILES string of the molecule is C#CCn1cc(CN2CCN(c3cccc4[nH]c(-c5ccc(C(C)(C)C)cc5)nc34)CC2)c(=O)[nH]c1=O. The van der Waals surface area contributed by atoms with Crippen LogP contribution in [0.25, 0.3) is 22.4 Å². The minimum Gasteiger partial charge on any atom is -0.367 e. The maximum atomic E-state index is 12.3. The standard InChI is InChI=1S/C29H32N6O2/c1-5-13-35-19-21(27(36)32-28(35)37)18-33-14-16-34(17-15-33)24-8-6-7-23-25(24)31-26(30-23)20-9-11-22(12-10-20)29(2,3)4/h1,6-12,19H,13-18H2,2-4H3,(H,30,31)(H,32,36,37). The Morgan fingerprint density at radius 3 is 2.41 bits per heavy atom. The third kappa shape index (κ3) is 5.09. The molecule has 2 aromatic carbocycles. The highest BCUT2D eigenvalue weighted by Gasteiger charge is 2.21. The third-order valence-electron chi connectivity index (χ3n) is 6.97. The summed E-state index contributed by atoms with van der Waals surface area (Å²) in [6.07, 6.45) is 6.92. The van der Waals surface area contributed by atoms with Gasteiger partial charge in [0.2, 0.25) is 0 Å². The Hall–Kier alpha value is -4.09. The number of piperazine rings is 1. The molecule has 0 bridgehead atoms. The molecule has 1 aliphatic heterocycles. The second-order valence-corrected chi connectivity index (χ2v) is 10.6. The van der Waals surface area contributed by atoms with Gasteiger partial charge in [-0.3, -0.25) is 19.2 Å². The molecule has 3 heterocycles. The van der Waals surface area contributed by atoms with E-state index < -0.39 is 5.69 Å². The fraction of sp³-hybridized carbons (Fsp3) is 0.345. The van der Waals surface area contributed by atoms with E-state index >= 15 is 0 Å². The average Bonchev–Trinajstić information content (AvgIpc) is 3.32. The molecule has 0 radical (unpaired) electrons. The molecule has 2 N–H and O–H groups in total. The van der Waals surface area contributed by atoms with E-state index in [-0.39, 0.29) is 17.5 Å². The molecule has 0 saturated carbocycles. The van der Waals surface area contributed by atoms with Crippen LogP contribution in [-0.4, -0.2) is 50.6 Å². The molecule has 2 aromatic heterocycles. The van der Waals surface area contributed by atoms with Crippen molar-refractivity contribution in [1.82, 2.24) is 24.4 Å². The van der Waals surface area contributed by atoms with Crippen molar-refractivity contribution in [1.29, 1.82) is 0 Å². The number of imidazole rings is 1. The summed E-state index contributed by atoms with van der Waals surface area (Å²) in [4.78, 5) is 39.6. The van der Waals surface area contributed by atoms with E-state index in [1.165, 1.54) is 10.1 Å². The lowest BCUT2D eigenvalue weighted by Gasteiger charge is -2.36. The van der Waals surface area contributed by atoms with E-state index in [1.807, 2.05) is 0 Å². The molecule has 1 saturated heterocycles. The first-order chi connectivity index (χ1) is 17.7. The Labute approximate surface area is 216 Å². The first kappa shape index (κ1) is 24.6. The Morgan fingerprint density at radius 2 is 1.73 bits per heavy atom. The molecule has 37 heavy (non-hydrogen) atoms. The largest absolute Gasteiger partial charge is 0.367 e. The van der Waals surface area contributed by atoms with Crippen LogP contribution in [0, 0.1) is 12.3 Å². The van der Waals surface area contributed by atoms with E-state index in [9.17, 15) is 9.59 Å². The number of terminal acetylenes is 1. The minimum atomic E-state index is -0.479. The molecule has 0 atom stereocenters. The molecule has 0 amide bonds. The number of H-pyrrole nitrogens is 2. The minimum absolute atomic E-state index is 0.109. The van der Waals surface area contributed by atoms with Crippen LogP contribution in [0.1, 0.15) is 31.9 Å². The lowest BCUT2D eigenvalue weighted by Crippen LogP contribution is -2.47. The first-order valence-corrected chi connectivity index (χ1v) is 12.6. The van der Waals surface area contributed by atoms with Gasteiger partial charge in [-0.25, -0.2) is 9.78 Å². The van der Waals surface area contributed by atoms with Crippen molar-refractivity contribution in [2.75, 3.05) is 31.1 Å². The van der Waals surface area contributed by atoms with Gasteiger partial charge >= 0.3 is 5.69 Å². The third-order valence-corrected chi connectivity index (χ3v) is 6.97. The summed E-state index contributed by atoms with van der Waals surface area (Å²) in [5.74, 6) is 3.31. The van der Waals surface area contributed by atoms with Gasteiger partial charge in [-0.2, -0.15) is 0 Å². The predicted octanol–water partition coefficient (Wildman–Crippen LogP) is 3.33. The summed E-state index contributed by atoms with van der Waals surface area (Å²) >= 11 is 0. The van der Waals surface area contributed by atoms with E-state index in [4.69, 9.17) is 11.4 Å². The summed E-state index contributed by atoms with van der Waals surface area (Å²) in [5.41, 5.74) is 5.25. The van der Waals surface area contributed by atoms with Crippen LogP contribution in [0.15, 0.2) is 58.3 Å². The smallest absolute Gasteiger partial charge is 0.329 e. The number of hydrogen-bond donors (Lipinski definition) is 2. The molecule has 0 unspecified atom stereocenters. The van der Waals surface area contributed by atoms with Crippen molar-refractivity contribution in [2.24, 2.45) is 0 Å². The van der Waals surface area contributed by atoms with E-state index in [1.54, 1.807) is 6.20 Å². The number of aromatic amines is 2. The zero-order valence-electron chi connectivity index (χ0n) is 21.5. The van der Waals surface area contributed by atoms with E-state index in [2.05, 4.69) is 88.9 Å². The molecule has 8 nitrogen and oxygen atoms in total. The van der Waals surface area contributed by atoms with Crippen LogP contribution >= 0.6 is 0 Å². The fourth-order valence-electron chi connectivity index (χ4n) is 4.81. The second-order valence-electron chi connectivity index (χ2n) is 10.6. The number of nitrogens with one attached hydrogen (secondary N) is 2. The zero-order chi connectivity index (χ0) is 26.2. The molecule has 0 aliphatic carbocycles. The maximum absolute atomic E-state index is 12.3. The number of para-hydroxylation sites is 1. The summed E-state index contributed by atoms with van der Waals surface area (Å²) in [6, 6.07) is 14.8. The topological polar surface area (TPSA) is 90.0 Å². The van der Waals surface area contributed by atoms with Gasteiger partial charge in [0.25, 0.3) is 5.56 Å². The van der Waals surface area contributed by atoms with Gasteiger partial charge in [-0.05, 0) is 23.1 Å². The van der Waals surface area contributed by atoms with Gasteiger partial charge in [-0.15, -0.1) is 6.42 Å². The van der Waals surface area contributed by atoms with Crippen molar-refractivity contribution in [3.05, 3.63) is 80.6 Å². The number of fused-ring (bicyclic) bond motifs is 1. The number of nitrogens with zero attached hydrogens (tertiary/aromatic N) is 4. The van der Waals surface area contributed by atoms with Crippen LogP contribution in [0.4, 0.5) is 5.69 Å². The molecule has 1 fully saturated rings. The summed E-state index contributed by atoms with van der Waals surface area (Å²) in [7, 11) is 0. The molecule has 4 aromatic rings. The van der Waals surface area contributed by atoms with Crippen LogP contribution in [-0.2, 0) is 18.5 Å². The van der Waals surface area contributed by atoms with Gasteiger partial charge in [0.05, 0.1) is 17.7 Å². The Bertz CT molecular complexity index is 1570. The van der Waals surface area contributed by atoms with Crippen LogP contribution < -0.4 is 16.1 Å². The highest BCUT2D eigenvalue weighted by molar-refractivity contribution is 5.91. The first-order valence-electron chi connectivity index (χ1n) is 12.6. The summed E-state index contributed by atoms with van der Waals surface area (Å²) < 4.78 is 1.36. The van der Waals surface area contributed by atoms with Gasteiger partial charge in [0.1, 0.15) is 11.3 Å². The number of hydrogen-bond acceptors (Lipinski definition) is 5. The van der Waals surface area contributed by atoms with Gasteiger partial charge in [0, 0.05) is 50.0 Å². The Kier molecular flexibility index (Phi) is 6.48. The number of rotatable bonds is 5. The van der Waals surface area contributed by atoms with Crippen LogP contribution in [0.3, 0.4) is 0 Å². The van der Waals surface area contributed by atoms with Gasteiger partial charge in [-0.1, -0.05) is 57.0 Å². The predicted molar refractivity (Wildman–Crippen MR) is 148 cm³/mol. The summed E-state index contributed by atoms with van der Waals surface area (Å²) in [6.45, 7) is 10.4. The highest BCUT2D eigenvalue weighted by Crippen LogP contribution is 2.30. The molecule has 5 rings (SSSR count). The quantitative estimate of drug-likeness (QED) is 0.414. The lowest BCUT2D eigenvalue weighted by molar-refractivity contribution is 0.248. The average molecular weight is 497 g/mol. The monoisotopic (exact) mass is 496 g/mol. The normalized spacial score (nSPS) is 14.7. The maximum Gasteiger partial charge on any atom is 0.329 e. The Balaban J connectivity index is 1.32. The molecule has 8 heteroatoms. The van der Waals surface area contributed by atoms with Gasteiger partial charge in [0.15, 0.2) is 0 Å². The van der Waals surface area contributed by atoms with Crippen LogP contribution in [0.2, 0.25) is 0 Å². The van der Waals surface area contributed by atoms with Crippen molar-refractivity contribution in [2.45, 2.75) is 39.3 Å². The van der Waals surface area contributed by atoms with Crippen molar-refractivity contribution in [3.8, 4) is 23.7 Å². The molecule has 190 valence electrons. The highest BCUT2D eigenvalue weighted by atomic mass is 16.2. The Morgan fingerprint density at radius 1 is 1.00 bits per heavy atom. The molecular weight excluding hydrogens is 464 g/mol. The zero-order valence-corrected chi connectivity index (χ0v) is 21.5. The molecule has 1 aliphatic rings. The number of benzene rings is 2. The molecular formula is C29H32N6O2.